The van der Waals surface area contributed by atoms with E-state index in [1.165, 1.54) is 7.11 Å². The number of carbonyl (C=O) groups excluding carboxylic acids is 2. The second kappa shape index (κ2) is 7.56. The van der Waals surface area contributed by atoms with E-state index >= 15 is 0 Å². The van der Waals surface area contributed by atoms with Gasteiger partial charge in [0.1, 0.15) is 18.3 Å². The molecule has 2 atom stereocenters. The summed E-state index contributed by atoms with van der Waals surface area (Å²) in [5.74, 6) is 1.18. The second-order valence-electron chi connectivity index (χ2n) is 5.11. The highest BCUT2D eigenvalue weighted by molar-refractivity contribution is 5.55. The number of carbonyl (C=O) groups is 1. The Bertz CT molecular complexity index is 344. The molecular weight excluding hydrogens is 248 g/mol. The number of ether oxygens (including phenoxy) is 3. The smallest absolute Gasteiger partial charge is 0.164 e. The minimum absolute atomic E-state index is 0.187. The summed E-state index contributed by atoms with van der Waals surface area (Å²) in [7, 11) is 1.53. The van der Waals surface area contributed by atoms with Crippen molar-refractivity contribution in [2.45, 2.75) is 57.5 Å². The predicted molar refractivity (Wildman–Crippen MR) is 69.4 cm³/mol. The maximum Gasteiger partial charge on any atom is 0.164 e. The molecule has 0 spiro atoms. The minimum atomic E-state index is -0.712. The molecule has 0 N–H and O–H groups in total. The first kappa shape index (κ1) is 16.1. The molecule has 1 fully saturated rings. The van der Waals surface area contributed by atoms with Crippen LogP contribution in [0.15, 0.2) is 5.57 Å². The zero-order valence-corrected chi connectivity index (χ0v) is 11.8. The van der Waals surface area contributed by atoms with Crippen LogP contribution in [0.3, 0.4) is 0 Å². The van der Waals surface area contributed by atoms with Gasteiger partial charge < -0.3 is 19.0 Å². The first-order chi connectivity index (χ1) is 9.04. The average molecular weight is 270 g/mol. The SMILES string of the molecule is COCC(=C=O)C1OC(C)(C)OC1CCCCC=O. The van der Waals surface area contributed by atoms with Crippen LogP contribution in [0.5, 0.6) is 0 Å². The highest BCUT2D eigenvalue weighted by Gasteiger charge is 2.43. The van der Waals surface area contributed by atoms with Gasteiger partial charge in [0.15, 0.2) is 5.79 Å². The number of rotatable bonds is 8. The van der Waals surface area contributed by atoms with Crippen molar-refractivity contribution in [2.24, 2.45) is 0 Å². The van der Waals surface area contributed by atoms with E-state index < -0.39 is 11.9 Å². The Morgan fingerprint density at radius 2 is 2.11 bits per heavy atom. The monoisotopic (exact) mass is 270 g/mol. The Morgan fingerprint density at radius 3 is 2.68 bits per heavy atom. The predicted octanol–water partition coefficient (Wildman–Crippen LogP) is 1.67. The second-order valence-corrected chi connectivity index (χ2v) is 5.11. The fraction of sp³-hybridized carbons (Fsp3) is 0.786. The van der Waals surface area contributed by atoms with E-state index in [-0.39, 0.29) is 12.7 Å². The molecule has 1 saturated heterocycles. The van der Waals surface area contributed by atoms with Gasteiger partial charge in [-0.2, -0.15) is 0 Å². The van der Waals surface area contributed by atoms with Gasteiger partial charge in [-0.15, -0.1) is 0 Å². The van der Waals surface area contributed by atoms with Crippen LogP contribution in [0.4, 0.5) is 0 Å². The van der Waals surface area contributed by atoms with Crippen LogP contribution >= 0.6 is 0 Å². The fourth-order valence-electron chi connectivity index (χ4n) is 2.24. The number of hydrogen-bond donors (Lipinski definition) is 0. The minimum Gasteiger partial charge on any atom is -0.379 e. The Hall–Kier alpha value is -1.00. The van der Waals surface area contributed by atoms with E-state index in [2.05, 4.69) is 0 Å². The van der Waals surface area contributed by atoms with Crippen LogP contribution < -0.4 is 0 Å². The standard InChI is InChI=1S/C14H22O5/c1-14(2)18-12(7-5-4-6-8-15)13(19-14)11(9-16)10-17-3/h8,12-13H,4-7,10H2,1-3H3. The molecule has 0 bridgehead atoms. The zero-order valence-electron chi connectivity index (χ0n) is 11.8. The summed E-state index contributed by atoms with van der Waals surface area (Å²) in [5, 5.41) is 0. The van der Waals surface area contributed by atoms with Gasteiger partial charge in [0.05, 0.1) is 18.3 Å². The molecule has 2 unspecified atom stereocenters. The first-order valence-electron chi connectivity index (χ1n) is 6.56. The van der Waals surface area contributed by atoms with Crippen molar-refractivity contribution in [3.05, 3.63) is 5.57 Å². The van der Waals surface area contributed by atoms with Gasteiger partial charge in [0.25, 0.3) is 0 Å². The molecule has 0 aromatic heterocycles. The molecule has 0 radical (unpaired) electrons. The van der Waals surface area contributed by atoms with Gasteiger partial charge >= 0.3 is 0 Å². The maximum absolute atomic E-state index is 11.0. The van der Waals surface area contributed by atoms with Crippen LogP contribution in [0.1, 0.15) is 39.5 Å². The highest BCUT2D eigenvalue weighted by atomic mass is 16.8. The fourth-order valence-corrected chi connectivity index (χ4v) is 2.24. The van der Waals surface area contributed by atoms with Crippen LogP contribution in [-0.2, 0) is 23.8 Å². The average Bonchev–Trinajstić information content (AvgIpc) is 2.67. The van der Waals surface area contributed by atoms with Gasteiger partial charge in [-0.3, -0.25) is 0 Å². The summed E-state index contributed by atoms with van der Waals surface area (Å²) in [4.78, 5) is 21.3. The third-order valence-electron chi connectivity index (χ3n) is 3.02. The molecule has 5 heteroatoms. The van der Waals surface area contributed by atoms with Crippen LogP contribution in [0.2, 0.25) is 0 Å². The normalized spacial score (nSPS) is 25.0. The third kappa shape index (κ3) is 4.88. The summed E-state index contributed by atoms with van der Waals surface area (Å²) < 4.78 is 16.5. The van der Waals surface area contributed by atoms with Gasteiger partial charge in [-0.1, -0.05) is 6.42 Å². The van der Waals surface area contributed by atoms with E-state index in [1.807, 2.05) is 19.8 Å². The Labute approximate surface area is 113 Å². The maximum atomic E-state index is 11.0. The lowest BCUT2D eigenvalue weighted by Crippen LogP contribution is -2.27. The van der Waals surface area contributed by atoms with Gasteiger partial charge in [0, 0.05) is 13.5 Å². The van der Waals surface area contributed by atoms with Crippen molar-refractivity contribution in [3.63, 3.8) is 0 Å². The zero-order chi connectivity index (χ0) is 14.3. The van der Waals surface area contributed by atoms with Crippen LogP contribution in [0.25, 0.3) is 0 Å². The van der Waals surface area contributed by atoms with E-state index in [4.69, 9.17) is 14.2 Å². The van der Waals surface area contributed by atoms with Gasteiger partial charge in [-0.05, 0) is 26.7 Å². The molecule has 19 heavy (non-hydrogen) atoms. The summed E-state index contributed by atoms with van der Waals surface area (Å²) in [5.41, 5.74) is 0.438. The lowest BCUT2D eigenvalue weighted by atomic mass is 10.0. The summed E-state index contributed by atoms with van der Waals surface area (Å²) in [6, 6.07) is 0. The van der Waals surface area contributed by atoms with Gasteiger partial charge in [-0.25, -0.2) is 4.79 Å². The molecule has 0 aromatic carbocycles. The lowest BCUT2D eigenvalue weighted by molar-refractivity contribution is -0.144. The molecule has 0 amide bonds. The molecule has 1 heterocycles. The topological polar surface area (TPSA) is 61.8 Å². The first-order valence-corrected chi connectivity index (χ1v) is 6.56. The molecule has 0 saturated carbocycles. The molecule has 1 aliphatic heterocycles. The van der Waals surface area contributed by atoms with E-state index in [0.717, 1.165) is 25.5 Å². The van der Waals surface area contributed by atoms with Crippen molar-refractivity contribution in [2.75, 3.05) is 13.7 Å². The number of methoxy groups -OCH3 is 1. The van der Waals surface area contributed by atoms with Gasteiger partial charge in [0.2, 0.25) is 0 Å². The van der Waals surface area contributed by atoms with Crippen molar-refractivity contribution >= 4 is 12.2 Å². The molecule has 108 valence electrons. The molecular formula is C14H22O5. The number of hydrogen-bond acceptors (Lipinski definition) is 5. The lowest BCUT2D eigenvalue weighted by Gasteiger charge is -2.17. The Morgan fingerprint density at radius 1 is 1.37 bits per heavy atom. The van der Waals surface area contributed by atoms with Crippen molar-refractivity contribution in [1.82, 2.24) is 0 Å². The van der Waals surface area contributed by atoms with Crippen molar-refractivity contribution in [1.29, 1.82) is 0 Å². The Kier molecular flexibility index (Phi) is 6.38. The molecule has 1 rings (SSSR count). The van der Waals surface area contributed by atoms with Crippen LogP contribution in [0, 0.1) is 0 Å². The molecule has 1 aliphatic rings. The molecule has 0 aliphatic carbocycles. The number of aldehydes is 1. The summed E-state index contributed by atoms with van der Waals surface area (Å²) in [6.45, 7) is 3.83. The largest absolute Gasteiger partial charge is 0.379 e. The van der Waals surface area contributed by atoms with E-state index in [1.54, 1.807) is 0 Å². The highest BCUT2D eigenvalue weighted by Crippen LogP contribution is 2.33. The summed E-state index contributed by atoms with van der Waals surface area (Å²) in [6.07, 6.45) is 3.29. The summed E-state index contributed by atoms with van der Waals surface area (Å²) >= 11 is 0. The molecule has 0 aromatic rings. The van der Waals surface area contributed by atoms with Crippen LogP contribution in [-0.4, -0.2) is 43.9 Å². The third-order valence-corrected chi connectivity index (χ3v) is 3.02. The van der Waals surface area contributed by atoms with Crippen molar-refractivity contribution in [3.8, 4) is 0 Å². The molecule has 5 nitrogen and oxygen atoms in total. The van der Waals surface area contributed by atoms with Crippen molar-refractivity contribution < 1.29 is 23.8 Å². The van der Waals surface area contributed by atoms with E-state index in [9.17, 15) is 9.59 Å². The Balaban J connectivity index is 2.64. The number of unbranched alkanes of at least 4 members (excludes halogenated alkanes) is 2. The van der Waals surface area contributed by atoms with E-state index in [0.29, 0.717) is 12.0 Å². The quantitative estimate of drug-likeness (QED) is 0.381.